The van der Waals surface area contributed by atoms with Gasteiger partial charge in [0.05, 0.1) is 29.7 Å². The lowest BCUT2D eigenvalue weighted by molar-refractivity contribution is -0.138. The van der Waals surface area contributed by atoms with E-state index in [1.54, 1.807) is 54.8 Å². The lowest BCUT2D eigenvalue weighted by Gasteiger charge is -2.42. The standard InChI is InChI=1S/C30H33F3N6O5/c1-28(2,3)44-27(43)37-14-12-36(13-15-37)24(40)19-6-8-20(9-7-19)39-26(42)38(25(41)29(39)10-5-11-29)21-16-22(30(31,32)33)23(18-34-4)35-17-21/h6-9,16-17H,4-5,10-15,18H2,1-3H3. The molecule has 1 aromatic heterocycles. The highest BCUT2D eigenvalue weighted by atomic mass is 19.4. The molecular formula is C30H33F3N6O5. The number of imide groups is 1. The van der Waals surface area contributed by atoms with Gasteiger partial charge in [0.15, 0.2) is 0 Å². The van der Waals surface area contributed by atoms with Crippen LogP contribution in [0.1, 0.15) is 61.6 Å². The van der Waals surface area contributed by atoms with Crippen LogP contribution in [0.15, 0.2) is 41.5 Å². The second kappa shape index (κ2) is 11.2. The fourth-order valence-corrected chi connectivity index (χ4v) is 5.64. The Balaban J connectivity index is 1.34. The van der Waals surface area contributed by atoms with Gasteiger partial charge in [-0.1, -0.05) is 0 Å². The van der Waals surface area contributed by atoms with Gasteiger partial charge in [-0.2, -0.15) is 13.2 Å². The van der Waals surface area contributed by atoms with Crippen LogP contribution in [0.2, 0.25) is 0 Å². The number of ether oxygens (including phenoxy) is 1. The molecule has 0 N–H and O–H groups in total. The lowest BCUT2D eigenvalue weighted by Crippen LogP contribution is -2.55. The van der Waals surface area contributed by atoms with E-state index in [0.717, 1.165) is 17.2 Å². The second-order valence-corrected chi connectivity index (χ2v) is 12.0. The fraction of sp³-hybridized carbons (Fsp3) is 0.467. The highest BCUT2D eigenvalue weighted by Crippen LogP contribution is 2.48. The summed E-state index contributed by atoms with van der Waals surface area (Å²) in [5.41, 5.74) is -2.92. The number of anilines is 2. The summed E-state index contributed by atoms with van der Waals surface area (Å²) in [7, 11) is 0. The molecule has 3 fully saturated rings. The molecule has 0 unspecified atom stereocenters. The number of benzene rings is 1. The van der Waals surface area contributed by atoms with Crippen molar-refractivity contribution in [2.75, 3.05) is 36.0 Å². The summed E-state index contributed by atoms with van der Waals surface area (Å²) in [6.45, 7) is 9.45. The smallest absolute Gasteiger partial charge is 0.418 e. The summed E-state index contributed by atoms with van der Waals surface area (Å²) in [5, 5.41) is 0. The number of hydrogen-bond donors (Lipinski definition) is 0. The number of amides is 5. The van der Waals surface area contributed by atoms with Crippen LogP contribution >= 0.6 is 0 Å². The number of aliphatic imine (C=N–C) groups is 1. The normalized spacial score (nSPS) is 18.5. The molecule has 5 rings (SSSR count). The number of nitrogens with zero attached hydrogens (tertiary/aromatic N) is 6. The molecule has 0 radical (unpaired) electrons. The molecule has 2 saturated heterocycles. The molecule has 5 amide bonds. The Morgan fingerprint density at radius 1 is 1.00 bits per heavy atom. The Labute approximate surface area is 252 Å². The number of halogens is 3. The van der Waals surface area contributed by atoms with Crippen LogP contribution in [-0.4, -0.2) is 82.8 Å². The van der Waals surface area contributed by atoms with Crippen molar-refractivity contribution in [1.29, 1.82) is 0 Å². The number of carbonyl (C=O) groups is 4. The second-order valence-electron chi connectivity index (χ2n) is 12.0. The molecule has 2 aromatic rings. The maximum atomic E-state index is 13.8. The van der Waals surface area contributed by atoms with Gasteiger partial charge >= 0.3 is 18.3 Å². The first kappa shape index (κ1) is 31.0. The van der Waals surface area contributed by atoms with E-state index in [0.29, 0.717) is 56.7 Å². The van der Waals surface area contributed by atoms with Gasteiger partial charge in [-0.3, -0.25) is 24.5 Å². The number of aromatic nitrogens is 1. The SMILES string of the molecule is C=NCc1ncc(N2C(=O)N(c3ccc(C(=O)N4CCN(C(=O)OC(C)(C)C)CC4)cc3)C3(CCC3)C2=O)cc1C(F)(F)F. The van der Waals surface area contributed by atoms with E-state index in [4.69, 9.17) is 4.74 Å². The van der Waals surface area contributed by atoms with Gasteiger partial charge in [0, 0.05) is 37.4 Å². The predicted octanol–water partition coefficient (Wildman–Crippen LogP) is 4.89. The van der Waals surface area contributed by atoms with Crippen LogP contribution in [-0.2, 0) is 22.3 Å². The number of urea groups is 1. The van der Waals surface area contributed by atoms with Gasteiger partial charge in [0.25, 0.3) is 11.8 Å². The molecular weight excluding hydrogens is 581 g/mol. The molecule has 44 heavy (non-hydrogen) atoms. The molecule has 14 heteroatoms. The van der Waals surface area contributed by atoms with E-state index in [1.165, 1.54) is 4.90 Å². The summed E-state index contributed by atoms with van der Waals surface area (Å²) < 4.78 is 46.8. The third-order valence-corrected chi connectivity index (χ3v) is 7.96. The highest BCUT2D eigenvalue weighted by Gasteiger charge is 2.61. The quantitative estimate of drug-likeness (QED) is 0.350. The average Bonchev–Trinajstić information content (AvgIpc) is 3.18. The van der Waals surface area contributed by atoms with Crippen molar-refractivity contribution in [3.8, 4) is 0 Å². The largest absolute Gasteiger partial charge is 0.444 e. The molecule has 1 saturated carbocycles. The molecule has 11 nitrogen and oxygen atoms in total. The summed E-state index contributed by atoms with van der Waals surface area (Å²) >= 11 is 0. The Morgan fingerprint density at radius 2 is 1.61 bits per heavy atom. The van der Waals surface area contributed by atoms with Crippen LogP contribution in [0.3, 0.4) is 0 Å². The van der Waals surface area contributed by atoms with E-state index in [-0.39, 0.29) is 23.8 Å². The summed E-state index contributed by atoms with van der Waals surface area (Å²) in [5.74, 6) is -0.884. The molecule has 234 valence electrons. The first-order valence-electron chi connectivity index (χ1n) is 14.2. The van der Waals surface area contributed by atoms with E-state index in [9.17, 15) is 32.3 Å². The maximum absolute atomic E-state index is 13.8. The lowest BCUT2D eigenvalue weighted by atomic mass is 9.75. The third-order valence-electron chi connectivity index (χ3n) is 7.96. The van der Waals surface area contributed by atoms with E-state index in [1.807, 2.05) is 0 Å². The first-order valence-corrected chi connectivity index (χ1v) is 14.2. The minimum absolute atomic E-state index is 0.260. The zero-order valence-corrected chi connectivity index (χ0v) is 24.7. The molecule has 2 aliphatic heterocycles. The minimum atomic E-state index is -4.78. The monoisotopic (exact) mass is 614 g/mol. The Hall–Kier alpha value is -4.49. The van der Waals surface area contributed by atoms with E-state index >= 15 is 0 Å². The zero-order chi connectivity index (χ0) is 32.0. The van der Waals surface area contributed by atoms with Crippen molar-refractivity contribution in [2.24, 2.45) is 4.99 Å². The van der Waals surface area contributed by atoms with Crippen molar-refractivity contribution in [2.45, 2.75) is 63.9 Å². The zero-order valence-electron chi connectivity index (χ0n) is 24.7. The summed E-state index contributed by atoms with van der Waals surface area (Å²) in [4.78, 5) is 65.5. The average molecular weight is 615 g/mol. The summed E-state index contributed by atoms with van der Waals surface area (Å²) in [6, 6.07) is 6.14. The Morgan fingerprint density at radius 3 is 2.14 bits per heavy atom. The van der Waals surface area contributed by atoms with Crippen LogP contribution in [0.25, 0.3) is 0 Å². The number of carbonyl (C=O) groups excluding carboxylic acids is 4. The number of alkyl halides is 3. The number of hydrogen-bond acceptors (Lipinski definition) is 7. The van der Waals surface area contributed by atoms with Gasteiger partial charge in [-0.25, -0.2) is 14.5 Å². The van der Waals surface area contributed by atoms with E-state index < -0.39 is 40.9 Å². The van der Waals surface area contributed by atoms with Gasteiger partial charge in [-0.15, -0.1) is 0 Å². The molecule has 0 atom stereocenters. The van der Waals surface area contributed by atoms with Crippen molar-refractivity contribution in [1.82, 2.24) is 14.8 Å². The molecule has 1 aliphatic carbocycles. The third kappa shape index (κ3) is 5.60. The molecule has 0 bridgehead atoms. The Kier molecular flexibility index (Phi) is 7.89. The molecule has 1 spiro atoms. The fourth-order valence-electron chi connectivity index (χ4n) is 5.64. The first-order chi connectivity index (χ1) is 20.7. The maximum Gasteiger partial charge on any atom is 0.418 e. The number of piperazine rings is 1. The predicted molar refractivity (Wildman–Crippen MR) is 155 cm³/mol. The molecule has 3 heterocycles. The van der Waals surface area contributed by atoms with Gasteiger partial charge < -0.3 is 14.5 Å². The van der Waals surface area contributed by atoms with Crippen LogP contribution < -0.4 is 9.80 Å². The van der Waals surface area contributed by atoms with Crippen LogP contribution in [0, 0.1) is 0 Å². The number of pyridine rings is 1. The van der Waals surface area contributed by atoms with Crippen molar-refractivity contribution in [3.63, 3.8) is 0 Å². The molecule has 1 aromatic carbocycles. The topological polar surface area (TPSA) is 116 Å². The van der Waals surface area contributed by atoms with Crippen molar-refractivity contribution >= 4 is 42.0 Å². The number of rotatable bonds is 5. The minimum Gasteiger partial charge on any atom is -0.444 e. The van der Waals surface area contributed by atoms with Gasteiger partial charge in [-0.05, 0) is 77.1 Å². The molecule has 3 aliphatic rings. The Bertz CT molecular complexity index is 1490. The van der Waals surface area contributed by atoms with Gasteiger partial charge in [0.2, 0.25) is 0 Å². The van der Waals surface area contributed by atoms with E-state index in [2.05, 4.69) is 16.7 Å². The van der Waals surface area contributed by atoms with Crippen molar-refractivity contribution in [3.05, 3.63) is 53.3 Å². The summed E-state index contributed by atoms with van der Waals surface area (Å²) in [6.07, 6.45) is -2.82. The van der Waals surface area contributed by atoms with Gasteiger partial charge in [0.1, 0.15) is 11.1 Å². The van der Waals surface area contributed by atoms with Crippen LogP contribution in [0.5, 0.6) is 0 Å². The van der Waals surface area contributed by atoms with Crippen molar-refractivity contribution < 1.29 is 37.1 Å². The highest BCUT2D eigenvalue weighted by molar-refractivity contribution is 6.30. The van der Waals surface area contributed by atoms with Crippen LogP contribution in [0.4, 0.5) is 34.1 Å².